The van der Waals surface area contributed by atoms with Gasteiger partial charge >= 0.3 is 0 Å². The maximum absolute atomic E-state index is 12.9. The van der Waals surface area contributed by atoms with Gasteiger partial charge in [0.1, 0.15) is 0 Å². The number of likely N-dealkylation sites (tertiary alicyclic amines) is 2. The third kappa shape index (κ3) is 4.96. The minimum Gasteiger partial charge on any atom is -0.358 e. The molecule has 0 aromatic rings. The molecule has 2 amide bonds. The van der Waals surface area contributed by atoms with E-state index < -0.39 is 0 Å². The first-order valence-corrected chi connectivity index (χ1v) is 10.2. The van der Waals surface area contributed by atoms with Crippen LogP contribution in [0, 0.1) is 5.92 Å². The molecule has 3 fully saturated rings. The Kier molecular flexibility index (Phi) is 6.89. The molecule has 148 valence electrons. The van der Waals surface area contributed by atoms with E-state index in [1.54, 1.807) is 7.05 Å². The van der Waals surface area contributed by atoms with Crippen LogP contribution in [0.25, 0.3) is 0 Å². The number of nitrogens with one attached hydrogen (secondary N) is 1. The molecule has 0 aromatic carbocycles. The SMILES string of the molecule is CNC(=O)CN1CCC(N2CCC[C@H](C(=O)N3CCN(C)CC3)C2)CC1. The van der Waals surface area contributed by atoms with E-state index in [1.807, 2.05) is 0 Å². The van der Waals surface area contributed by atoms with Gasteiger partial charge in [-0.15, -0.1) is 0 Å². The second-order valence-corrected chi connectivity index (χ2v) is 8.14. The van der Waals surface area contributed by atoms with Crippen LogP contribution in [0.5, 0.6) is 0 Å². The highest BCUT2D eigenvalue weighted by atomic mass is 16.2. The number of hydrogen-bond acceptors (Lipinski definition) is 5. The van der Waals surface area contributed by atoms with Gasteiger partial charge in [-0.25, -0.2) is 0 Å². The average molecular weight is 366 g/mol. The summed E-state index contributed by atoms with van der Waals surface area (Å²) >= 11 is 0. The van der Waals surface area contributed by atoms with Crippen molar-refractivity contribution in [2.24, 2.45) is 5.92 Å². The van der Waals surface area contributed by atoms with Crippen LogP contribution in [0.1, 0.15) is 25.7 Å². The summed E-state index contributed by atoms with van der Waals surface area (Å²) in [5.41, 5.74) is 0. The molecule has 0 saturated carbocycles. The summed E-state index contributed by atoms with van der Waals surface area (Å²) in [5.74, 6) is 0.648. The zero-order valence-corrected chi connectivity index (χ0v) is 16.5. The zero-order valence-electron chi connectivity index (χ0n) is 16.5. The van der Waals surface area contributed by atoms with E-state index in [4.69, 9.17) is 0 Å². The third-order valence-electron chi connectivity index (χ3n) is 6.34. The van der Waals surface area contributed by atoms with Gasteiger partial charge in [0, 0.05) is 58.9 Å². The van der Waals surface area contributed by atoms with Crippen molar-refractivity contribution in [2.45, 2.75) is 31.7 Å². The van der Waals surface area contributed by atoms with Crippen LogP contribution in [0.4, 0.5) is 0 Å². The van der Waals surface area contributed by atoms with E-state index in [0.717, 1.165) is 78.0 Å². The van der Waals surface area contributed by atoms with E-state index in [2.05, 4.69) is 32.0 Å². The summed E-state index contributed by atoms with van der Waals surface area (Å²) in [4.78, 5) is 33.6. The van der Waals surface area contributed by atoms with E-state index in [1.165, 1.54) is 0 Å². The summed E-state index contributed by atoms with van der Waals surface area (Å²) in [5, 5.41) is 2.70. The van der Waals surface area contributed by atoms with Crippen molar-refractivity contribution in [3.05, 3.63) is 0 Å². The minimum absolute atomic E-state index is 0.0965. The highest BCUT2D eigenvalue weighted by Crippen LogP contribution is 2.25. The molecule has 0 radical (unpaired) electrons. The Morgan fingerprint density at radius 1 is 0.962 bits per heavy atom. The maximum Gasteiger partial charge on any atom is 0.233 e. The Morgan fingerprint density at radius 2 is 1.65 bits per heavy atom. The van der Waals surface area contributed by atoms with Crippen molar-refractivity contribution in [1.29, 1.82) is 0 Å². The van der Waals surface area contributed by atoms with Gasteiger partial charge in [0.05, 0.1) is 12.5 Å². The molecule has 26 heavy (non-hydrogen) atoms. The van der Waals surface area contributed by atoms with E-state index in [-0.39, 0.29) is 11.8 Å². The number of piperidine rings is 2. The van der Waals surface area contributed by atoms with E-state index in [0.29, 0.717) is 18.5 Å². The molecule has 7 nitrogen and oxygen atoms in total. The van der Waals surface area contributed by atoms with Gasteiger partial charge in [0.2, 0.25) is 11.8 Å². The molecule has 3 heterocycles. The van der Waals surface area contributed by atoms with Crippen LogP contribution >= 0.6 is 0 Å². The van der Waals surface area contributed by atoms with Crippen molar-refractivity contribution < 1.29 is 9.59 Å². The fourth-order valence-electron chi connectivity index (χ4n) is 4.55. The zero-order chi connectivity index (χ0) is 18.5. The molecular weight excluding hydrogens is 330 g/mol. The second-order valence-electron chi connectivity index (χ2n) is 8.14. The van der Waals surface area contributed by atoms with Gasteiger partial charge in [-0.05, 0) is 39.3 Å². The topological polar surface area (TPSA) is 59.1 Å². The summed E-state index contributed by atoms with van der Waals surface area (Å²) in [6.07, 6.45) is 4.37. The lowest BCUT2D eigenvalue weighted by Gasteiger charge is -2.43. The first kappa shape index (κ1) is 19.6. The largest absolute Gasteiger partial charge is 0.358 e. The van der Waals surface area contributed by atoms with Gasteiger partial charge in [0.25, 0.3) is 0 Å². The van der Waals surface area contributed by atoms with Crippen LogP contribution in [0.2, 0.25) is 0 Å². The lowest BCUT2D eigenvalue weighted by molar-refractivity contribution is -0.139. The quantitative estimate of drug-likeness (QED) is 0.740. The monoisotopic (exact) mass is 365 g/mol. The summed E-state index contributed by atoms with van der Waals surface area (Å²) in [6.45, 7) is 8.24. The molecule has 0 bridgehead atoms. The van der Waals surface area contributed by atoms with Crippen LogP contribution in [-0.2, 0) is 9.59 Å². The van der Waals surface area contributed by atoms with Crippen LogP contribution in [0.3, 0.4) is 0 Å². The predicted molar refractivity (Wildman–Crippen MR) is 102 cm³/mol. The Hall–Kier alpha value is -1.18. The Balaban J connectivity index is 1.46. The standard InChI is InChI=1S/C19H35N5O2/c1-20-18(25)15-22-8-5-17(6-9-22)24-7-3-4-16(14-24)19(26)23-12-10-21(2)11-13-23/h16-17H,3-15H2,1-2H3,(H,20,25)/t16-/m0/s1. The van der Waals surface area contributed by atoms with Crippen molar-refractivity contribution >= 4 is 11.8 Å². The number of likely N-dealkylation sites (N-methyl/N-ethyl adjacent to an activating group) is 2. The molecule has 0 unspecified atom stereocenters. The molecule has 1 N–H and O–H groups in total. The molecule has 3 aliphatic rings. The molecule has 7 heteroatoms. The third-order valence-corrected chi connectivity index (χ3v) is 6.34. The molecule has 0 aromatic heterocycles. The average Bonchev–Trinajstić information content (AvgIpc) is 2.68. The van der Waals surface area contributed by atoms with Crippen LogP contribution < -0.4 is 5.32 Å². The first-order valence-electron chi connectivity index (χ1n) is 10.2. The number of hydrogen-bond donors (Lipinski definition) is 1. The van der Waals surface area contributed by atoms with Gasteiger partial charge < -0.3 is 15.1 Å². The highest BCUT2D eigenvalue weighted by Gasteiger charge is 2.34. The van der Waals surface area contributed by atoms with Gasteiger partial charge in [-0.3, -0.25) is 19.4 Å². The van der Waals surface area contributed by atoms with Crippen LogP contribution in [0.15, 0.2) is 0 Å². The molecular formula is C19H35N5O2. The van der Waals surface area contributed by atoms with Gasteiger partial charge in [-0.2, -0.15) is 0 Å². The fraction of sp³-hybridized carbons (Fsp3) is 0.895. The Morgan fingerprint density at radius 3 is 2.31 bits per heavy atom. The fourth-order valence-corrected chi connectivity index (χ4v) is 4.55. The van der Waals surface area contributed by atoms with Gasteiger partial charge in [-0.1, -0.05) is 0 Å². The van der Waals surface area contributed by atoms with E-state index in [9.17, 15) is 9.59 Å². The Bertz CT molecular complexity index is 484. The predicted octanol–water partition coefficient (Wildman–Crippen LogP) is -0.317. The molecule has 3 rings (SSSR count). The molecule has 1 atom stereocenters. The van der Waals surface area contributed by atoms with Crippen molar-refractivity contribution in [3.63, 3.8) is 0 Å². The van der Waals surface area contributed by atoms with Crippen molar-refractivity contribution in [2.75, 3.05) is 73.0 Å². The van der Waals surface area contributed by atoms with Gasteiger partial charge in [0.15, 0.2) is 0 Å². The summed E-state index contributed by atoms with van der Waals surface area (Å²) < 4.78 is 0. The Labute approximate surface area is 157 Å². The number of carbonyl (C=O) groups excluding carboxylic acids is 2. The minimum atomic E-state index is 0.0965. The van der Waals surface area contributed by atoms with Crippen LogP contribution in [-0.4, -0.2) is 110 Å². The normalized spacial score (nSPS) is 27.5. The maximum atomic E-state index is 12.9. The first-order chi connectivity index (χ1) is 12.6. The number of carbonyl (C=O) groups is 2. The number of rotatable bonds is 4. The molecule has 0 spiro atoms. The number of nitrogens with zero attached hydrogens (tertiary/aromatic N) is 4. The smallest absolute Gasteiger partial charge is 0.233 e. The van der Waals surface area contributed by atoms with E-state index >= 15 is 0 Å². The molecule has 3 aliphatic heterocycles. The van der Waals surface area contributed by atoms with Crippen molar-refractivity contribution in [3.8, 4) is 0 Å². The second kappa shape index (κ2) is 9.15. The molecule has 0 aliphatic carbocycles. The van der Waals surface area contributed by atoms with Crippen molar-refractivity contribution in [1.82, 2.24) is 24.9 Å². The molecule has 3 saturated heterocycles. The lowest BCUT2D eigenvalue weighted by Crippen LogP contribution is -2.54. The summed E-state index contributed by atoms with van der Waals surface area (Å²) in [6, 6.07) is 0.569. The lowest BCUT2D eigenvalue weighted by atomic mass is 9.92. The summed E-state index contributed by atoms with van der Waals surface area (Å²) in [7, 11) is 3.82. The highest BCUT2D eigenvalue weighted by molar-refractivity contribution is 5.79. The number of piperazine rings is 1. The number of amides is 2.